The standard InChI is InChI=1S/C21H20F2N2O3/c1-28-16-4-2-3-13(9-16)5-8-20(26)24-12-15-11-19(24)21(27)25(15)14-6-7-17(22)18(23)10-14/h2-4,6-7,9-10,15,19H,5,8,11-12H2,1H3/t15-,19-/m0/s1. The van der Waals surface area contributed by atoms with Gasteiger partial charge in [0.25, 0.3) is 0 Å². The van der Waals surface area contributed by atoms with Crippen LogP contribution in [0.2, 0.25) is 0 Å². The van der Waals surface area contributed by atoms with Gasteiger partial charge in [-0.2, -0.15) is 0 Å². The van der Waals surface area contributed by atoms with E-state index in [1.165, 1.54) is 11.0 Å². The van der Waals surface area contributed by atoms with Crippen LogP contribution in [-0.4, -0.2) is 42.5 Å². The van der Waals surface area contributed by atoms with Crippen LogP contribution in [0.15, 0.2) is 42.5 Å². The van der Waals surface area contributed by atoms with Crippen LogP contribution < -0.4 is 9.64 Å². The van der Waals surface area contributed by atoms with Crippen LogP contribution in [0.4, 0.5) is 14.5 Å². The molecule has 2 saturated heterocycles. The summed E-state index contributed by atoms with van der Waals surface area (Å²) in [4.78, 5) is 28.5. The molecule has 2 amide bonds. The minimum absolute atomic E-state index is 0.0754. The monoisotopic (exact) mass is 386 g/mol. The number of carbonyl (C=O) groups excluding carboxylic acids is 2. The van der Waals surface area contributed by atoms with Crippen LogP contribution in [0.5, 0.6) is 5.75 Å². The first-order chi connectivity index (χ1) is 13.5. The van der Waals surface area contributed by atoms with E-state index in [1.807, 2.05) is 24.3 Å². The fourth-order valence-corrected chi connectivity index (χ4v) is 4.05. The molecule has 2 aliphatic heterocycles. The molecule has 2 bridgehead atoms. The molecule has 0 aromatic heterocycles. The predicted molar refractivity (Wildman–Crippen MR) is 99.1 cm³/mol. The minimum Gasteiger partial charge on any atom is -0.497 e. The highest BCUT2D eigenvalue weighted by Gasteiger charge is 2.51. The van der Waals surface area contributed by atoms with Gasteiger partial charge in [0, 0.05) is 24.7 Å². The van der Waals surface area contributed by atoms with Gasteiger partial charge >= 0.3 is 0 Å². The third-order valence-corrected chi connectivity index (χ3v) is 5.43. The number of methoxy groups -OCH3 is 1. The Bertz CT molecular complexity index is 934. The van der Waals surface area contributed by atoms with Crippen molar-refractivity contribution in [2.75, 3.05) is 18.6 Å². The number of likely N-dealkylation sites (tertiary alicyclic amines) is 1. The number of halogens is 2. The Morgan fingerprint density at radius 2 is 2.00 bits per heavy atom. The van der Waals surface area contributed by atoms with Crippen LogP contribution in [0.3, 0.4) is 0 Å². The lowest BCUT2D eigenvalue weighted by Gasteiger charge is -2.34. The summed E-state index contributed by atoms with van der Waals surface area (Å²) in [5, 5.41) is 0. The molecule has 2 fully saturated rings. The Kier molecular flexibility index (Phi) is 4.75. The van der Waals surface area contributed by atoms with Gasteiger partial charge in [0.1, 0.15) is 11.8 Å². The highest BCUT2D eigenvalue weighted by Crippen LogP contribution is 2.36. The molecule has 2 heterocycles. The second-order valence-electron chi connectivity index (χ2n) is 7.11. The van der Waals surface area contributed by atoms with Gasteiger partial charge in [-0.25, -0.2) is 8.78 Å². The third-order valence-electron chi connectivity index (χ3n) is 5.43. The maximum Gasteiger partial charge on any atom is 0.250 e. The number of piperazine rings is 1. The molecule has 2 atom stereocenters. The largest absolute Gasteiger partial charge is 0.497 e. The third kappa shape index (κ3) is 3.21. The lowest BCUT2D eigenvalue weighted by atomic mass is 10.1. The van der Waals surface area contributed by atoms with Gasteiger partial charge in [0.2, 0.25) is 11.8 Å². The normalized spacial score (nSPS) is 20.8. The smallest absolute Gasteiger partial charge is 0.250 e. The van der Waals surface area contributed by atoms with Crippen molar-refractivity contribution in [1.29, 1.82) is 0 Å². The number of fused-ring (bicyclic) bond motifs is 2. The number of nitrogens with zero attached hydrogens (tertiary/aromatic N) is 2. The van der Waals surface area contributed by atoms with Crippen LogP contribution in [0, 0.1) is 11.6 Å². The van der Waals surface area contributed by atoms with E-state index in [2.05, 4.69) is 0 Å². The van der Waals surface area contributed by atoms with E-state index in [9.17, 15) is 18.4 Å². The van der Waals surface area contributed by atoms with E-state index in [4.69, 9.17) is 4.74 Å². The van der Waals surface area contributed by atoms with Crippen LogP contribution in [-0.2, 0) is 16.0 Å². The average molecular weight is 386 g/mol. The molecule has 2 aromatic carbocycles. The zero-order chi connectivity index (χ0) is 19.8. The molecule has 2 aliphatic rings. The van der Waals surface area contributed by atoms with Gasteiger partial charge < -0.3 is 14.5 Å². The van der Waals surface area contributed by atoms with Gasteiger partial charge in [0.15, 0.2) is 11.6 Å². The van der Waals surface area contributed by atoms with Crippen molar-refractivity contribution in [1.82, 2.24) is 4.90 Å². The maximum atomic E-state index is 13.5. The first-order valence-corrected chi connectivity index (χ1v) is 9.18. The lowest BCUT2D eigenvalue weighted by molar-refractivity contribution is -0.138. The number of anilines is 1. The number of hydrogen-bond acceptors (Lipinski definition) is 3. The zero-order valence-corrected chi connectivity index (χ0v) is 15.4. The van der Waals surface area contributed by atoms with Gasteiger partial charge in [0.05, 0.1) is 13.2 Å². The summed E-state index contributed by atoms with van der Waals surface area (Å²) >= 11 is 0. The second kappa shape index (κ2) is 7.22. The average Bonchev–Trinajstić information content (AvgIpc) is 3.27. The Morgan fingerprint density at radius 3 is 2.71 bits per heavy atom. The fourth-order valence-electron chi connectivity index (χ4n) is 4.05. The Hall–Kier alpha value is -2.96. The molecule has 4 rings (SSSR count). The Balaban J connectivity index is 1.41. The predicted octanol–water partition coefficient (Wildman–Crippen LogP) is 2.92. The molecule has 0 radical (unpaired) electrons. The van der Waals surface area contributed by atoms with Crippen LogP contribution in [0.1, 0.15) is 18.4 Å². The summed E-state index contributed by atoms with van der Waals surface area (Å²) in [6.45, 7) is 0.409. The van der Waals surface area contributed by atoms with E-state index < -0.39 is 17.7 Å². The van der Waals surface area contributed by atoms with Crippen molar-refractivity contribution in [3.05, 3.63) is 59.7 Å². The van der Waals surface area contributed by atoms with Crippen LogP contribution in [0.25, 0.3) is 0 Å². The Labute approximate surface area is 161 Å². The molecule has 0 N–H and O–H groups in total. The van der Waals surface area contributed by atoms with Crippen LogP contribution >= 0.6 is 0 Å². The number of ether oxygens (including phenoxy) is 1. The summed E-state index contributed by atoms with van der Waals surface area (Å²) in [6, 6.07) is 10.2. The van der Waals surface area contributed by atoms with Gasteiger partial charge in [-0.3, -0.25) is 9.59 Å². The van der Waals surface area contributed by atoms with E-state index in [0.29, 0.717) is 31.5 Å². The molecule has 2 aromatic rings. The first-order valence-electron chi connectivity index (χ1n) is 9.18. The van der Waals surface area contributed by atoms with E-state index in [1.54, 1.807) is 12.0 Å². The van der Waals surface area contributed by atoms with Gasteiger partial charge in [-0.1, -0.05) is 12.1 Å². The molecule has 0 saturated carbocycles. The SMILES string of the molecule is COc1cccc(CCC(=O)N2C[C@@H]3C[C@H]2C(=O)N3c2ccc(F)c(F)c2)c1. The molecular formula is C21H20F2N2O3. The molecule has 0 spiro atoms. The molecule has 0 aliphatic carbocycles. The van der Waals surface area contributed by atoms with E-state index >= 15 is 0 Å². The molecule has 0 unspecified atom stereocenters. The van der Waals surface area contributed by atoms with Crippen molar-refractivity contribution in [2.24, 2.45) is 0 Å². The molecule has 5 nitrogen and oxygen atoms in total. The van der Waals surface area contributed by atoms with Crippen molar-refractivity contribution < 1.29 is 23.1 Å². The highest BCUT2D eigenvalue weighted by atomic mass is 19.2. The second-order valence-corrected chi connectivity index (χ2v) is 7.11. The van der Waals surface area contributed by atoms with Crippen molar-refractivity contribution in [2.45, 2.75) is 31.3 Å². The summed E-state index contributed by atoms with van der Waals surface area (Å²) < 4.78 is 31.9. The molecule has 7 heteroatoms. The number of aryl methyl sites for hydroxylation is 1. The van der Waals surface area contributed by atoms with Gasteiger partial charge in [-0.05, 0) is 42.7 Å². The molecule has 146 valence electrons. The Morgan fingerprint density at radius 1 is 1.18 bits per heavy atom. The summed E-state index contributed by atoms with van der Waals surface area (Å²) in [5.41, 5.74) is 1.33. The molecule has 28 heavy (non-hydrogen) atoms. The topological polar surface area (TPSA) is 49.9 Å². The zero-order valence-electron chi connectivity index (χ0n) is 15.4. The fraction of sp³-hybridized carbons (Fsp3) is 0.333. The van der Waals surface area contributed by atoms with Crippen molar-refractivity contribution >= 4 is 17.5 Å². The number of benzene rings is 2. The lowest BCUT2D eigenvalue weighted by Crippen LogP contribution is -2.52. The van der Waals surface area contributed by atoms with Crippen molar-refractivity contribution in [3.8, 4) is 5.75 Å². The maximum absolute atomic E-state index is 13.5. The van der Waals surface area contributed by atoms with E-state index in [0.717, 1.165) is 23.4 Å². The summed E-state index contributed by atoms with van der Waals surface area (Å²) in [6.07, 6.45) is 1.38. The minimum atomic E-state index is -0.987. The van der Waals surface area contributed by atoms with E-state index in [-0.39, 0.29) is 17.9 Å². The quantitative estimate of drug-likeness (QED) is 0.794. The number of rotatable bonds is 5. The first kappa shape index (κ1) is 18.4. The number of hydrogen-bond donors (Lipinski definition) is 0. The summed E-state index contributed by atoms with van der Waals surface area (Å²) in [5.74, 6) is -1.51. The highest BCUT2D eigenvalue weighted by molar-refractivity contribution is 6.03. The number of carbonyl (C=O) groups is 2. The number of amides is 2. The van der Waals surface area contributed by atoms with Crippen molar-refractivity contribution in [3.63, 3.8) is 0 Å². The van der Waals surface area contributed by atoms with Gasteiger partial charge in [-0.15, -0.1) is 0 Å². The molecular weight excluding hydrogens is 366 g/mol. The summed E-state index contributed by atoms with van der Waals surface area (Å²) in [7, 11) is 1.59.